The maximum absolute atomic E-state index is 13.8. The summed E-state index contributed by atoms with van der Waals surface area (Å²) < 4.78 is 87.9. The van der Waals surface area contributed by atoms with E-state index >= 15 is 0 Å². The molecule has 0 bridgehead atoms. The van der Waals surface area contributed by atoms with Crippen LogP contribution in [0.15, 0.2) is 78.0 Å². The summed E-state index contributed by atoms with van der Waals surface area (Å²) in [4.78, 5) is 32.4. The van der Waals surface area contributed by atoms with Gasteiger partial charge in [-0.15, -0.1) is 0 Å². The van der Waals surface area contributed by atoms with E-state index in [2.05, 4.69) is 4.98 Å². The zero-order chi connectivity index (χ0) is 33.7. The molecule has 1 aromatic heterocycles. The first-order valence-corrected chi connectivity index (χ1v) is 15.2. The fourth-order valence-electron chi connectivity index (χ4n) is 7.02. The Hall–Kier alpha value is -4.45. The number of anilines is 1. The number of allylic oxidation sites excluding steroid dienone is 2. The minimum atomic E-state index is -5.13. The van der Waals surface area contributed by atoms with Crippen molar-refractivity contribution >= 4 is 29.2 Å². The SMILES string of the molecule is CCC1=C2[C@@H](CC/C(=C/c3ccc(O)cc3)c3ccccn3)OC[C@@H]2[C@@H]2C(=O)N(c3cc(C(F)(F)F)cc(C(F)(F)F)c3)C(=O)[C@@H]2C1. The smallest absolute Gasteiger partial charge is 0.416 e. The van der Waals surface area contributed by atoms with Crippen molar-refractivity contribution in [3.05, 3.63) is 100 Å². The number of imide groups is 1. The standard InChI is InChI=1S/C35H30F6N2O4/c1-2-20-14-26-31(33(46)43(32(26)45)24-16-22(34(36,37)38)15-23(17-24)35(39,40)41)27-18-47-29(30(20)27)11-8-21(28-5-3-4-12-42-28)13-19-6-9-25(44)10-7-19/h3-7,9-10,12-13,15-17,26-27,29,31,44H,2,8,11,14,18H2,1H3/b21-13-/t26-,27+,29-,31-/m1/s1. The number of fused-ring (bicyclic) bond motifs is 3. The van der Waals surface area contributed by atoms with Crippen molar-refractivity contribution in [3.8, 4) is 5.75 Å². The van der Waals surface area contributed by atoms with Crippen LogP contribution in [0.25, 0.3) is 11.6 Å². The van der Waals surface area contributed by atoms with E-state index in [1.165, 1.54) is 0 Å². The van der Waals surface area contributed by atoms with Gasteiger partial charge in [0.05, 0.1) is 47.1 Å². The molecule has 2 fully saturated rings. The Balaban J connectivity index is 1.29. The summed E-state index contributed by atoms with van der Waals surface area (Å²) in [6.07, 6.45) is -5.31. The molecule has 2 aromatic carbocycles. The van der Waals surface area contributed by atoms with Crippen molar-refractivity contribution < 1.29 is 45.8 Å². The van der Waals surface area contributed by atoms with Gasteiger partial charge < -0.3 is 9.84 Å². The molecule has 4 atom stereocenters. The number of pyridine rings is 1. The number of phenolic OH excluding ortho intramolecular Hbond substituents is 1. The van der Waals surface area contributed by atoms with Crippen LogP contribution >= 0.6 is 0 Å². The number of hydrogen-bond donors (Lipinski definition) is 1. The van der Waals surface area contributed by atoms with E-state index < -0.39 is 64.8 Å². The largest absolute Gasteiger partial charge is 0.508 e. The summed E-state index contributed by atoms with van der Waals surface area (Å²) in [5.41, 5.74) is 0.338. The van der Waals surface area contributed by atoms with Crippen LogP contribution in [-0.2, 0) is 26.7 Å². The molecule has 1 aliphatic carbocycles. The second-order valence-corrected chi connectivity index (χ2v) is 12.0. The number of carbonyl (C=O) groups is 2. The number of halogens is 6. The van der Waals surface area contributed by atoms with E-state index in [0.717, 1.165) is 28.0 Å². The van der Waals surface area contributed by atoms with Crippen molar-refractivity contribution in [1.82, 2.24) is 4.98 Å². The Morgan fingerprint density at radius 3 is 2.23 bits per heavy atom. The summed E-state index contributed by atoms with van der Waals surface area (Å²) >= 11 is 0. The molecule has 3 heterocycles. The number of phenols is 1. The van der Waals surface area contributed by atoms with Crippen LogP contribution in [0.4, 0.5) is 32.0 Å². The highest BCUT2D eigenvalue weighted by molar-refractivity contribution is 6.22. The van der Waals surface area contributed by atoms with Gasteiger partial charge >= 0.3 is 12.4 Å². The lowest BCUT2D eigenvalue weighted by molar-refractivity contribution is -0.143. The number of ether oxygens (including phenoxy) is 1. The van der Waals surface area contributed by atoms with Crippen molar-refractivity contribution in [2.45, 2.75) is 51.1 Å². The topological polar surface area (TPSA) is 79.7 Å². The van der Waals surface area contributed by atoms with Crippen molar-refractivity contribution in [2.24, 2.45) is 17.8 Å². The monoisotopic (exact) mass is 656 g/mol. The van der Waals surface area contributed by atoms with Gasteiger partial charge in [-0.25, -0.2) is 4.90 Å². The first-order valence-electron chi connectivity index (χ1n) is 15.2. The number of benzene rings is 2. The normalized spacial score (nSPS) is 23.4. The predicted molar refractivity (Wildman–Crippen MR) is 161 cm³/mol. The van der Waals surface area contributed by atoms with Gasteiger partial charge in [0.25, 0.3) is 0 Å². The highest BCUT2D eigenvalue weighted by Crippen LogP contribution is 2.52. The van der Waals surface area contributed by atoms with Gasteiger partial charge in [0, 0.05) is 12.1 Å². The van der Waals surface area contributed by atoms with E-state index in [0.29, 0.717) is 36.3 Å². The minimum absolute atomic E-state index is 0.0266. The summed E-state index contributed by atoms with van der Waals surface area (Å²) in [6, 6.07) is 13.1. The molecule has 246 valence electrons. The fraction of sp³-hybridized carbons (Fsp3) is 0.343. The van der Waals surface area contributed by atoms with Crippen LogP contribution in [-0.4, -0.2) is 34.6 Å². The van der Waals surface area contributed by atoms with E-state index in [-0.39, 0.29) is 24.8 Å². The number of rotatable bonds is 7. The molecular weight excluding hydrogens is 626 g/mol. The average Bonchev–Trinajstić information content (AvgIpc) is 3.57. The van der Waals surface area contributed by atoms with Gasteiger partial charge in [-0.3, -0.25) is 14.6 Å². The minimum Gasteiger partial charge on any atom is -0.508 e. The van der Waals surface area contributed by atoms with Crippen LogP contribution in [0.2, 0.25) is 0 Å². The highest BCUT2D eigenvalue weighted by Gasteiger charge is 2.57. The molecule has 6 rings (SSSR count). The van der Waals surface area contributed by atoms with Crippen LogP contribution < -0.4 is 4.90 Å². The molecule has 0 unspecified atom stereocenters. The van der Waals surface area contributed by atoms with Crippen LogP contribution in [0.3, 0.4) is 0 Å². The van der Waals surface area contributed by atoms with E-state index in [1.807, 2.05) is 25.1 Å². The van der Waals surface area contributed by atoms with Crippen LogP contribution in [0, 0.1) is 17.8 Å². The van der Waals surface area contributed by atoms with E-state index in [1.54, 1.807) is 36.5 Å². The van der Waals surface area contributed by atoms with Crippen LogP contribution in [0.5, 0.6) is 5.75 Å². The van der Waals surface area contributed by atoms with Gasteiger partial charge in [0.2, 0.25) is 11.8 Å². The molecule has 3 aliphatic rings. The molecule has 2 aliphatic heterocycles. The number of nitrogens with zero attached hydrogens (tertiary/aromatic N) is 2. The van der Waals surface area contributed by atoms with Crippen LogP contribution in [0.1, 0.15) is 55.0 Å². The van der Waals surface area contributed by atoms with Gasteiger partial charge in [-0.2, -0.15) is 26.3 Å². The average molecular weight is 657 g/mol. The predicted octanol–water partition coefficient (Wildman–Crippen LogP) is 8.08. The van der Waals surface area contributed by atoms with Gasteiger partial charge in [0.1, 0.15) is 5.75 Å². The molecule has 6 nitrogen and oxygen atoms in total. The number of aromatic hydroxyl groups is 1. The lowest BCUT2D eigenvalue weighted by Crippen LogP contribution is -2.34. The second-order valence-electron chi connectivity index (χ2n) is 12.0. The number of amides is 2. The Labute approximate surface area is 266 Å². The molecule has 0 saturated carbocycles. The quantitative estimate of drug-likeness (QED) is 0.158. The highest BCUT2D eigenvalue weighted by atomic mass is 19.4. The van der Waals surface area contributed by atoms with E-state index in [9.17, 15) is 41.0 Å². The molecular formula is C35H30F6N2O4. The molecule has 3 aromatic rings. The third-order valence-corrected chi connectivity index (χ3v) is 9.17. The molecule has 0 spiro atoms. The second kappa shape index (κ2) is 12.3. The summed E-state index contributed by atoms with van der Waals surface area (Å²) in [5.74, 6) is -3.93. The first kappa shape index (κ1) is 32.5. The lowest BCUT2D eigenvalue weighted by Gasteiger charge is -2.31. The Morgan fingerprint density at radius 2 is 1.64 bits per heavy atom. The molecule has 2 amide bonds. The third kappa shape index (κ3) is 6.30. The number of alkyl halides is 6. The Kier molecular flexibility index (Phi) is 8.50. The lowest BCUT2D eigenvalue weighted by atomic mass is 9.69. The third-order valence-electron chi connectivity index (χ3n) is 9.17. The van der Waals surface area contributed by atoms with Crippen molar-refractivity contribution in [1.29, 1.82) is 0 Å². The van der Waals surface area contributed by atoms with Crippen molar-refractivity contribution in [3.63, 3.8) is 0 Å². The number of hydrogen-bond acceptors (Lipinski definition) is 5. The zero-order valence-electron chi connectivity index (χ0n) is 25.1. The number of aromatic nitrogens is 1. The first-order chi connectivity index (χ1) is 22.3. The number of carbonyl (C=O) groups excluding carboxylic acids is 2. The fourth-order valence-corrected chi connectivity index (χ4v) is 7.02. The zero-order valence-corrected chi connectivity index (χ0v) is 25.1. The maximum atomic E-state index is 13.8. The van der Waals surface area contributed by atoms with Gasteiger partial charge in [0.15, 0.2) is 0 Å². The Bertz CT molecular complexity index is 1720. The van der Waals surface area contributed by atoms with Gasteiger partial charge in [-0.1, -0.05) is 30.7 Å². The molecule has 1 N–H and O–H groups in total. The maximum Gasteiger partial charge on any atom is 0.416 e. The summed E-state index contributed by atoms with van der Waals surface area (Å²) in [6.45, 7) is 2.00. The molecule has 12 heteroatoms. The van der Waals surface area contributed by atoms with Gasteiger partial charge in [-0.05, 0) is 90.9 Å². The van der Waals surface area contributed by atoms with E-state index in [4.69, 9.17) is 4.74 Å². The summed E-state index contributed by atoms with van der Waals surface area (Å²) in [7, 11) is 0. The molecule has 2 saturated heterocycles. The molecule has 47 heavy (non-hydrogen) atoms. The summed E-state index contributed by atoms with van der Waals surface area (Å²) in [5, 5.41) is 9.69. The van der Waals surface area contributed by atoms with Crippen molar-refractivity contribution in [2.75, 3.05) is 11.5 Å². The molecule has 0 radical (unpaired) electrons. The Morgan fingerprint density at radius 1 is 0.957 bits per heavy atom.